The molecule has 24 heavy (non-hydrogen) atoms. The van der Waals surface area contributed by atoms with E-state index in [1.165, 1.54) is 12.1 Å². The van der Waals surface area contributed by atoms with Gasteiger partial charge < -0.3 is 9.88 Å². The summed E-state index contributed by atoms with van der Waals surface area (Å²) in [6, 6.07) is 13.0. The smallest absolute Gasteiger partial charge is 0.252 e. The molecule has 0 saturated carbocycles. The molecule has 1 amide bonds. The molecule has 1 atom stereocenters. The van der Waals surface area contributed by atoms with Crippen LogP contribution in [0.1, 0.15) is 33.4 Å². The van der Waals surface area contributed by atoms with Crippen LogP contribution in [0.2, 0.25) is 0 Å². The van der Waals surface area contributed by atoms with Crippen LogP contribution in [0, 0.1) is 12.7 Å². The van der Waals surface area contributed by atoms with Crippen molar-refractivity contribution in [2.45, 2.75) is 13.0 Å². The number of hydrogen-bond donors (Lipinski definition) is 1. The fourth-order valence-electron chi connectivity index (χ4n) is 2.61. The molecule has 5 heteroatoms. The number of amides is 1. The number of aryl methyl sites for hydroxylation is 2. The Morgan fingerprint density at radius 2 is 1.96 bits per heavy atom. The first-order chi connectivity index (χ1) is 11.5. The van der Waals surface area contributed by atoms with Crippen LogP contribution in [0.5, 0.6) is 0 Å². The largest absolute Gasteiger partial charge is 0.338 e. The summed E-state index contributed by atoms with van der Waals surface area (Å²) >= 11 is 0. The first-order valence-corrected chi connectivity index (χ1v) is 7.65. The molecule has 0 bridgehead atoms. The molecule has 3 rings (SSSR count). The van der Waals surface area contributed by atoms with Gasteiger partial charge in [0.05, 0.1) is 0 Å². The van der Waals surface area contributed by atoms with Gasteiger partial charge in [-0.3, -0.25) is 4.79 Å². The van der Waals surface area contributed by atoms with Crippen LogP contribution in [-0.2, 0) is 7.05 Å². The average molecular weight is 323 g/mol. The Morgan fingerprint density at radius 3 is 2.58 bits per heavy atom. The highest BCUT2D eigenvalue weighted by Gasteiger charge is 2.21. The lowest BCUT2D eigenvalue weighted by molar-refractivity contribution is 0.0941. The lowest BCUT2D eigenvalue weighted by atomic mass is 10.0. The van der Waals surface area contributed by atoms with E-state index in [1.54, 1.807) is 24.4 Å². The van der Waals surface area contributed by atoms with Gasteiger partial charge in [-0.2, -0.15) is 0 Å². The van der Waals surface area contributed by atoms with E-state index < -0.39 is 6.04 Å². The zero-order valence-electron chi connectivity index (χ0n) is 13.5. The van der Waals surface area contributed by atoms with Gasteiger partial charge in [0.15, 0.2) is 0 Å². The number of aromatic nitrogens is 2. The molecule has 122 valence electrons. The van der Waals surface area contributed by atoms with Crippen LogP contribution in [0.4, 0.5) is 4.39 Å². The van der Waals surface area contributed by atoms with E-state index in [9.17, 15) is 9.18 Å². The van der Waals surface area contributed by atoms with Crippen molar-refractivity contribution in [2.75, 3.05) is 0 Å². The van der Waals surface area contributed by atoms with Crippen molar-refractivity contribution in [3.63, 3.8) is 0 Å². The average Bonchev–Trinajstić information content (AvgIpc) is 2.99. The summed E-state index contributed by atoms with van der Waals surface area (Å²) in [4.78, 5) is 17.0. The van der Waals surface area contributed by atoms with Crippen LogP contribution in [0.15, 0.2) is 60.9 Å². The van der Waals surface area contributed by atoms with Crippen molar-refractivity contribution < 1.29 is 9.18 Å². The number of nitrogens with one attached hydrogen (secondary N) is 1. The number of nitrogens with zero attached hydrogens (tertiary/aromatic N) is 2. The van der Waals surface area contributed by atoms with Crippen molar-refractivity contribution in [3.8, 4) is 0 Å². The van der Waals surface area contributed by atoms with E-state index >= 15 is 0 Å². The second-order valence-corrected chi connectivity index (χ2v) is 5.72. The molecule has 0 aliphatic heterocycles. The summed E-state index contributed by atoms with van der Waals surface area (Å²) in [7, 11) is 1.86. The Bertz CT molecular complexity index is 855. The van der Waals surface area contributed by atoms with Crippen molar-refractivity contribution >= 4 is 5.91 Å². The maximum atomic E-state index is 13.2. The van der Waals surface area contributed by atoms with E-state index in [2.05, 4.69) is 10.3 Å². The normalized spacial score (nSPS) is 12.0. The number of rotatable bonds is 4. The molecule has 1 aromatic heterocycles. The zero-order chi connectivity index (χ0) is 17.1. The molecule has 3 aromatic rings. The van der Waals surface area contributed by atoms with Crippen LogP contribution in [0.3, 0.4) is 0 Å². The Labute approximate surface area is 140 Å². The molecule has 0 aliphatic carbocycles. The molecule has 0 saturated heterocycles. The maximum Gasteiger partial charge on any atom is 0.252 e. The summed E-state index contributed by atoms with van der Waals surface area (Å²) in [5.41, 5.74) is 2.36. The molecular formula is C19H18FN3O. The predicted molar refractivity (Wildman–Crippen MR) is 90.1 cm³/mol. The van der Waals surface area contributed by atoms with Gasteiger partial charge in [-0.05, 0) is 36.8 Å². The van der Waals surface area contributed by atoms with Gasteiger partial charge in [0.1, 0.15) is 17.7 Å². The summed E-state index contributed by atoms with van der Waals surface area (Å²) in [6.07, 6.45) is 3.48. The highest BCUT2D eigenvalue weighted by molar-refractivity contribution is 5.94. The van der Waals surface area contributed by atoms with Crippen molar-refractivity contribution in [1.29, 1.82) is 0 Å². The van der Waals surface area contributed by atoms with E-state index in [4.69, 9.17) is 0 Å². The Balaban J connectivity index is 1.95. The van der Waals surface area contributed by atoms with Gasteiger partial charge in [-0.15, -0.1) is 0 Å². The third-order valence-corrected chi connectivity index (χ3v) is 3.88. The van der Waals surface area contributed by atoms with E-state index in [0.717, 1.165) is 11.1 Å². The van der Waals surface area contributed by atoms with Crippen LogP contribution >= 0.6 is 0 Å². The number of imidazole rings is 1. The van der Waals surface area contributed by atoms with Gasteiger partial charge in [0.25, 0.3) is 5.91 Å². The monoisotopic (exact) mass is 323 g/mol. The molecule has 0 spiro atoms. The fourth-order valence-corrected chi connectivity index (χ4v) is 2.61. The molecule has 4 nitrogen and oxygen atoms in total. The molecule has 0 aliphatic rings. The number of halogens is 1. The first-order valence-electron chi connectivity index (χ1n) is 7.65. The number of carbonyl (C=O) groups excluding carboxylic acids is 1. The van der Waals surface area contributed by atoms with Crippen LogP contribution in [-0.4, -0.2) is 15.5 Å². The second kappa shape index (κ2) is 6.66. The molecule has 0 radical (unpaired) electrons. The SMILES string of the molecule is Cc1cccc(C(=O)N[C@H](c2ccc(F)cc2)c2nccn2C)c1. The predicted octanol–water partition coefficient (Wildman–Crippen LogP) is 3.39. The van der Waals surface area contributed by atoms with Crippen LogP contribution < -0.4 is 5.32 Å². The summed E-state index contributed by atoms with van der Waals surface area (Å²) < 4.78 is 15.1. The molecule has 0 fully saturated rings. The van der Waals surface area contributed by atoms with Crippen LogP contribution in [0.25, 0.3) is 0 Å². The maximum absolute atomic E-state index is 13.2. The third-order valence-electron chi connectivity index (χ3n) is 3.88. The standard InChI is InChI=1S/C19H18FN3O/c1-13-4-3-5-15(12-13)19(24)22-17(18-21-10-11-23(18)2)14-6-8-16(20)9-7-14/h3-12,17H,1-2H3,(H,22,24)/t17-/m1/s1. The fraction of sp³-hybridized carbons (Fsp3) is 0.158. The topological polar surface area (TPSA) is 46.9 Å². The molecular weight excluding hydrogens is 305 g/mol. The molecule has 0 unspecified atom stereocenters. The third kappa shape index (κ3) is 3.35. The number of carbonyl (C=O) groups is 1. The van der Waals surface area contributed by atoms with E-state index in [-0.39, 0.29) is 11.7 Å². The number of hydrogen-bond acceptors (Lipinski definition) is 2. The molecule has 1 heterocycles. The minimum atomic E-state index is -0.460. The molecule has 1 N–H and O–H groups in total. The Morgan fingerprint density at radius 1 is 1.21 bits per heavy atom. The lowest BCUT2D eigenvalue weighted by Gasteiger charge is -2.19. The minimum absolute atomic E-state index is 0.198. The lowest BCUT2D eigenvalue weighted by Crippen LogP contribution is -2.31. The minimum Gasteiger partial charge on any atom is -0.338 e. The van der Waals surface area contributed by atoms with Gasteiger partial charge in [0, 0.05) is 25.0 Å². The van der Waals surface area contributed by atoms with Crippen molar-refractivity contribution in [1.82, 2.24) is 14.9 Å². The summed E-state index contributed by atoms with van der Waals surface area (Å²) in [5, 5.41) is 2.99. The van der Waals surface area contributed by atoms with E-state index in [0.29, 0.717) is 11.4 Å². The highest BCUT2D eigenvalue weighted by Crippen LogP contribution is 2.21. The zero-order valence-corrected chi connectivity index (χ0v) is 13.5. The van der Waals surface area contributed by atoms with Gasteiger partial charge in [-0.1, -0.05) is 29.8 Å². The first kappa shape index (κ1) is 15.9. The second-order valence-electron chi connectivity index (χ2n) is 5.72. The Hall–Kier alpha value is -2.95. The summed E-state index contributed by atoms with van der Waals surface area (Å²) in [5.74, 6) is 0.168. The Kier molecular flexibility index (Phi) is 4.42. The van der Waals surface area contributed by atoms with Crippen molar-refractivity contribution in [3.05, 3.63) is 89.3 Å². The quantitative estimate of drug-likeness (QED) is 0.800. The molecule has 2 aromatic carbocycles. The summed E-state index contributed by atoms with van der Waals surface area (Å²) in [6.45, 7) is 1.94. The van der Waals surface area contributed by atoms with Gasteiger partial charge in [-0.25, -0.2) is 9.37 Å². The van der Waals surface area contributed by atoms with E-state index in [1.807, 2.05) is 42.9 Å². The van der Waals surface area contributed by atoms with Gasteiger partial charge in [0.2, 0.25) is 0 Å². The van der Waals surface area contributed by atoms with Gasteiger partial charge >= 0.3 is 0 Å². The number of benzene rings is 2. The highest BCUT2D eigenvalue weighted by atomic mass is 19.1. The van der Waals surface area contributed by atoms with Crippen molar-refractivity contribution in [2.24, 2.45) is 7.05 Å².